The van der Waals surface area contributed by atoms with Crippen molar-refractivity contribution in [2.24, 2.45) is 0 Å². The Balaban J connectivity index is 1.55. The smallest absolute Gasteiger partial charge is 0.0761 e. The van der Waals surface area contributed by atoms with Gasteiger partial charge < -0.3 is 14.9 Å². The molecule has 2 fully saturated rings. The largest absolute Gasteiger partial charge is 0.389 e. The van der Waals surface area contributed by atoms with E-state index in [4.69, 9.17) is 0 Å². The number of aliphatic hydroxyl groups excluding tert-OH is 1. The van der Waals surface area contributed by atoms with E-state index in [-0.39, 0.29) is 6.10 Å². The molecule has 2 saturated heterocycles. The van der Waals surface area contributed by atoms with Gasteiger partial charge in [0.2, 0.25) is 0 Å². The van der Waals surface area contributed by atoms with E-state index in [1.165, 1.54) is 50.9 Å². The van der Waals surface area contributed by atoms with Crippen LogP contribution in [-0.4, -0.2) is 42.2 Å². The van der Waals surface area contributed by atoms with Gasteiger partial charge in [-0.05, 0) is 63.4 Å². The van der Waals surface area contributed by atoms with E-state index in [1.807, 2.05) is 6.92 Å². The number of hydrogen-bond donors (Lipinski definition) is 1. The highest BCUT2D eigenvalue weighted by Crippen LogP contribution is 2.25. The van der Waals surface area contributed by atoms with Crippen molar-refractivity contribution in [1.82, 2.24) is 4.90 Å². The molecular formula is C18H28N2O. The molecule has 0 aromatic heterocycles. The second-order valence-corrected chi connectivity index (χ2v) is 6.58. The van der Waals surface area contributed by atoms with Gasteiger partial charge in [-0.3, -0.25) is 0 Å². The second-order valence-electron chi connectivity index (χ2n) is 6.58. The first-order valence-electron chi connectivity index (χ1n) is 8.51. The van der Waals surface area contributed by atoms with Crippen molar-refractivity contribution in [2.75, 3.05) is 31.1 Å². The van der Waals surface area contributed by atoms with Crippen LogP contribution in [0.3, 0.4) is 0 Å². The Bertz CT molecular complexity index is 429. The topological polar surface area (TPSA) is 26.7 Å². The minimum atomic E-state index is -0.371. The molecule has 2 aliphatic heterocycles. The minimum Gasteiger partial charge on any atom is -0.389 e. The van der Waals surface area contributed by atoms with Gasteiger partial charge in [-0.2, -0.15) is 0 Å². The van der Waals surface area contributed by atoms with Crippen LogP contribution in [0.25, 0.3) is 0 Å². The molecule has 3 heteroatoms. The van der Waals surface area contributed by atoms with Gasteiger partial charge in [0.1, 0.15) is 0 Å². The zero-order valence-corrected chi connectivity index (χ0v) is 13.2. The minimum absolute atomic E-state index is 0.371. The number of aliphatic hydroxyl groups is 1. The first kappa shape index (κ1) is 14.9. The molecule has 0 amide bonds. The Hall–Kier alpha value is -1.06. The fourth-order valence-corrected chi connectivity index (χ4v) is 3.74. The molecule has 1 aromatic carbocycles. The number of likely N-dealkylation sites (tertiary alicyclic amines) is 1. The molecule has 1 atom stereocenters. The number of benzene rings is 1. The number of piperidine rings is 2. The number of rotatable bonds is 3. The summed E-state index contributed by atoms with van der Waals surface area (Å²) in [6.07, 6.45) is 6.41. The third kappa shape index (κ3) is 3.58. The molecule has 3 rings (SSSR count). The maximum atomic E-state index is 9.58. The van der Waals surface area contributed by atoms with Gasteiger partial charge in [-0.15, -0.1) is 0 Å². The Morgan fingerprint density at radius 1 is 0.952 bits per heavy atom. The van der Waals surface area contributed by atoms with Crippen LogP contribution in [-0.2, 0) is 0 Å². The third-order valence-corrected chi connectivity index (χ3v) is 5.11. The van der Waals surface area contributed by atoms with Crippen LogP contribution in [0.1, 0.15) is 50.7 Å². The highest BCUT2D eigenvalue weighted by atomic mass is 16.3. The van der Waals surface area contributed by atoms with Crippen LogP contribution < -0.4 is 4.90 Å². The Morgan fingerprint density at radius 2 is 1.57 bits per heavy atom. The molecule has 116 valence electrons. The molecule has 0 spiro atoms. The lowest BCUT2D eigenvalue weighted by atomic mass is 9.99. The molecule has 0 unspecified atom stereocenters. The van der Waals surface area contributed by atoms with Crippen LogP contribution in [0.4, 0.5) is 5.69 Å². The summed E-state index contributed by atoms with van der Waals surface area (Å²) < 4.78 is 0. The average molecular weight is 288 g/mol. The standard InChI is InChI=1S/C18H28N2O/c1-15(21)16-5-7-17(8-6-16)20-13-9-18(10-14-20)19-11-3-2-4-12-19/h5-8,15,18,21H,2-4,9-14H2,1H3/t15-/m1/s1. The molecule has 0 saturated carbocycles. The van der Waals surface area contributed by atoms with Crippen molar-refractivity contribution in [3.05, 3.63) is 29.8 Å². The van der Waals surface area contributed by atoms with Crippen molar-refractivity contribution < 1.29 is 5.11 Å². The lowest BCUT2D eigenvalue weighted by Gasteiger charge is -2.41. The molecular weight excluding hydrogens is 260 g/mol. The molecule has 2 heterocycles. The summed E-state index contributed by atoms with van der Waals surface area (Å²) in [6.45, 7) is 6.77. The summed E-state index contributed by atoms with van der Waals surface area (Å²) in [7, 11) is 0. The average Bonchev–Trinajstić information content (AvgIpc) is 2.56. The maximum Gasteiger partial charge on any atom is 0.0761 e. The fourth-order valence-electron chi connectivity index (χ4n) is 3.74. The maximum absolute atomic E-state index is 9.58. The highest BCUT2D eigenvalue weighted by molar-refractivity contribution is 5.48. The van der Waals surface area contributed by atoms with Gasteiger partial charge in [0, 0.05) is 24.8 Å². The second kappa shape index (κ2) is 6.80. The molecule has 2 aliphatic rings. The van der Waals surface area contributed by atoms with E-state index in [1.54, 1.807) is 0 Å². The van der Waals surface area contributed by atoms with Gasteiger partial charge in [-0.1, -0.05) is 18.6 Å². The van der Waals surface area contributed by atoms with Crippen LogP contribution in [0, 0.1) is 0 Å². The Labute approximate surface area is 128 Å². The predicted octanol–water partition coefficient (Wildman–Crippen LogP) is 3.19. The highest BCUT2D eigenvalue weighted by Gasteiger charge is 2.25. The van der Waals surface area contributed by atoms with E-state index in [9.17, 15) is 5.11 Å². The van der Waals surface area contributed by atoms with Crippen molar-refractivity contribution in [2.45, 2.75) is 51.2 Å². The van der Waals surface area contributed by atoms with Crippen LogP contribution >= 0.6 is 0 Å². The quantitative estimate of drug-likeness (QED) is 0.925. The molecule has 1 aromatic rings. The number of anilines is 1. The zero-order valence-electron chi connectivity index (χ0n) is 13.2. The lowest BCUT2D eigenvalue weighted by molar-refractivity contribution is 0.141. The van der Waals surface area contributed by atoms with Crippen LogP contribution in [0.2, 0.25) is 0 Å². The monoisotopic (exact) mass is 288 g/mol. The molecule has 0 radical (unpaired) electrons. The zero-order chi connectivity index (χ0) is 14.7. The third-order valence-electron chi connectivity index (χ3n) is 5.11. The van der Waals surface area contributed by atoms with Crippen LogP contribution in [0.5, 0.6) is 0 Å². The summed E-state index contributed by atoms with van der Waals surface area (Å²) >= 11 is 0. The van der Waals surface area contributed by atoms with Crippen molar-refractivity contribution in [3.8, 4) is 0 Å². The Morgan fingerprint density at radius 3 is 2.14 bits per heavy atom. The molecule has 3 nitrogen and oxygen atoms in total. The van der Waals surface area contributed by atoms with E-state index in [0.29, 0.717) is 0 Å². The van der Waals surface area contributed by atoms with E-state index in [0.717, 1.165) is 24.7 Å². The summed E-state index contributed by atoms with van der Waals surface area (Å²) in [6, 6.07) is 9.22. The molecule has 1 N–H and O–H groups in total. The first-order valence-corrected chi connectivity index (χ1v) is 8.51. The van der Waals surface area contributed by atoms with E-state index >= 15 is 0 Å². The van der Waals surface area contributed by atoms with E-state index < -0.39 is 0 Å². The van der Waals surface area contributed by atoms with Crippen molar-refractivity contribution >= 4 is 5.69 Å². The number of nitrogens with zero attached hydrogens (tertiary/aromatic N) is 2. The Kier molecular flexibility index (Phi) is 4.81. The molecule has 0 bridgehead atoms. The van der Waals surface area contributed by atoms with Gasteiger partial charge >= 0.3 is 0 Å². The van der Waals surface area contributed by atoms with E-state index in [2.05, 4.69) is 34.1 Å². The first-order chi connectivity index (χ1) is 10.2. The summed E-state index contributed by atoms with van der Waals surface area (Å²) in [5.41, 5.74) is 2.30. The number of hydrogen-bond acceptors (Lipinski definition) is 3. The summed E-state index contributed by atoms with van der Waals surface area (Å²) in [5.74, 6) is 0. The summed E-state index contributed by atoms with van der Waals surface area (Å²) in [5, 5.41) is 9.58. The van der Waals surface area contributed by atoms with Gasteiger partial charge in [0.15, 0.2) is 0 Å². The lowest BCUT2D eigenvalue weighted by Crippen LogP contribution is -2.46. The predicted molar refractivity (Wildman–Crippen MR) is 87.7 cm³/mol. The molecule has 21 heavy (non-hydrogen) atoms. The van der Waals surface area contributed by atoms with Gasteiger partial charge in [0.05, 0.1) is 6.10 Å². The van der Waals surface area contributed by atoms with Gasteiger partial charge in [-0.25, -0.2) is 0 Å². The van der Waals surface area contributed by atoms with Crippen molar-refractivity contribution in [3.63, 3.8) is 0 Å². The molecule has 0 aliphatic carbocycles. The van der Waals surface area contributed by atoms with Crippen LogP contribution in [0.15, 0.2) is 24.3 Å². The SMILES string of the molecule is C[C@@H](O)c1ccc(N2CCC(N3CCCCC3)CC2)cc1. The van der Waals surface area contributed by atoms with Crippen molar-refractivity contribution in [1.29, 1.82) is 0 Å². The van der Waals surface area contributed by atoms with Gasteiger partial charge in [0.25, 0.3) is 0 Å². The summed E-state index contributed by atoms with van der Waals surface area (Å²) in [4.78, 5) is 5.21. The fraction of sp³-hybridized carbons (Fsp3) is 0.667. The normalized spacial score (nSPS) is 23.2.